The van der Waals surface area contributed by atoms with Crippen LogP contribution in [0.15, 0.2) is 33.2 Å². The Morgan fingerprint density at radius 2 is 1.71 bits per heavy atom. The first-order chi connectivity index (χ1) is 9.85. The Balaban J connectivity index is 2.64. The molecule has 2 rings (SSSR count). The van der Waals surface area contributed by atoms with E-state index in [9.17, 15) is 0 Å². The average molecular weight is 433 g/mol. The fourth-order valence-corrected chi connectivity index (χ4v) is 4.10. The number of benzene rings is 2. The van der Waals surface area contributed by atoms with E-state index < -0.39 is 0 Å². The van der Waals surface area contributed by atoms with Gasteiger partial charge in [-0.05, 0) is 61.2 Å². The van der Waals surface area contributed by atoms with E-state index in [4.69, 9.17) is 16.3 Å². The third-order valence-electron chi connectivity index (χ3n) is 3.52. The van der Waals surface area contributed by atoms with Crippen molar-refractivity contribution in [1.29, 1.82) is 0 Å². The topological polar surface area (TPSA) is 9.23 Å². The van der Waals surface area contributed by atoms with Crippen molar-refractivity contribution in [3.05, 3.63) is 61.0 Å². The van der Waals surface area contributed by atoms with Crippen LogP contribution in [0.5, 0.6) is 5.75 Å². The van der Waals surface area contributed by atoms with Gasteiger partial charge in [0, 0.05) is 14.5 Å². The second kappa shape index (κ2) is 6.72. The van der Waals surface area contributed by atoms with Gasteiger partial charge in [-0.1, -0.05) is 37.9 Å². The summed E-state index contributed by atoms with van der Waals surface area (Å²) in [6, 6.07) is 8.30. The number of hydrogen-bond acceptors (Lipinski definition) is 1. The predicted octanol–water partition coefficient (Wildman–Crippen LogP) is 6.47. The van der Waals surface area contributed by atoms with Crippen LogP contribution in [-0.2, 0) is 0 Å². The molecule has 0 aliphatic rings. The molecule has 0 saturated heterocycles. The molecule has 0 heterocycles. The molecule has 112 valence electrons. The van der Waals surface area contributed by atoms with Crippen LogP contribution < -0.4 is 4.74 Å². The minimum absolute atomic E-state index is 0.257. The predicted molar refractivity (Wildman–Crippen MR) is 96.7 cm³/mol. The highest BCUT2D eigenvalue weighted by atomic mass is 79.9. The van der Waals surface area contributed by atoms with Gasteiger partial charge in [-0.2, -0.15) is 0 Å². The van der Waals surface area contributed by atoms with Crippen molar-refractivity contribution in [2.24, 2.45) is 0 Å². The summed E-state index contributed by atoms with van der Waals surface area (Å²) in [7, 11) is 1.69. The molecule has 0 saturated carbocycles. The molecule has 2 aromatic carbocycles. The van der Waals surface area contributed by atoms with Crippen LogP contribution in [0.3, 0.4) is 0 Å². The van der Waals surface area contributed by atoms with Crippen molar-refractivity contribution in [1.82, 2.24) is 0 Å². The normalized spacial score (nSPS) is 12.3. The van der Waals surface area contributed by atoms with Gasteiger partial charge in [-0.25, -0.2) is 0 Å². The molecule has 0 aliphatic carbocycles. The molecule has 2 aromatic rings. The highest BCUT2D eigenvalue weighted by Gasteiger charge is 2.22. The summed E-state index contributed by atoms with van der Waals surface area (Å²) >= 11 is 13.9. The van der Waals surface area contributed by atoms with Crippen LogP contribution in [0.1, 0.15) is 33.2 Å². The molecule has 1 nitrogen and oxygen atoms in total. The summed E-state index contributed by atoms with van der Waals surface area (Å²) in [5.74, 6) is 0.855. The Hall–Kier alpha value is -0.510. The van der Waals surface area contributed by atoms with E-state index in [0.717, 1.165) is 36.9 Å². The number of hydrogen-bond donors (Lipinski definition) is 0. The van der Waals surface area contributed by atoms with Crippen LogP contribution in [-0.4, -0.2) is 7.11 Å². The third-order valence-corrected chi connectivity index (χ3v) is 5.27. The van der Waals surface area contributed by atoms with E-state index in [1.807, 2.05) is 6.92 Å². The van der Waals surface area contributed by atoms with Gasteiger partial charge >= 0.3 is 0 Å². The molecule has 4 heteroatoms. The number of alkyl halides is 1. The Labute approximate surface area is 147 Å². The molecule has 1 atom stereocenters. The van der Waals surface area contributed by atoms with Gasteiger partial charge in [-0.3, -0.25) is 0 Å². The van der Waals surface area contributed by atoms with Crippen molar-refractivity contribution in [3.63, 3.8) is 0 Å². The highest BCUT2D eigenvalue weighted by molar-refractivity contribution is 9.10. The van der Waals surface area contributed by atoms with E-state index in [0.29, 0.717) is 0 Å². The molecule has 1 unspecified atom stereocenters. The summed E-state index contributed by atoms with van der Waals surface area (Å²) in [6.45, 7) is 6.15. The first kappa shape index (κ1) is 16.9. The number of ether oxygens (including phenoxy) is 1. The molecule has 0 aliphatic heterocycles. The lowest BCUT2D eigenvalue weighted by Gasteiger charge is -2.20. The van der Waals surface area contributed by atoms with Crippen molar-refractivity contribution in [2.75, 3.05) is 7.11 Å². The van der Waals surface area contributed by atoms with Gasteiger partial charge < -0.3 is 4.74 Å². The summed E-state index contributed by atoms with van der Waals surface area (Å²) in [6.07, 6.45) is 0. The van der Waals surface area contributed by atoms with E-state index in [1.54, 1.807) is 7.11 Å². The minimum Gasteiger partial charge on any atom is -0.496 e. The Morgan fingerprint density at radius 3 is 2.29 bits per heavy atom. The number of rotatable bonds is 3. The lowest BCUT2D eigenvalue weighted by atomic mass is 9.96. The second-order valence-electron chi connectivity index (χ2n) is 5.17. The number of methoxy groups -OCH3 is 1. The van der Waals surface area contributed by atoms with Crippen LogP contribution >= 0.6 is 43.5 Å². The quantitative estimate of drug-likeness (QED) is 0.505. The van der Waals surface area contributed by atoms with Crippen LogP contribution in [0.4, 0.5) is 0 Å². The molecular weight excluding hydrogens is 415 g/mol. The van der Waals surface area contributed by atoms with Crippen molar-refractivity contribution in [3.8, 4) is 5.75 Å². The zero-order valence-electron chi connectivity index (χ0n) is 12.4. The summed E-state index contributed by atoms with van der Waals surface area (Å²) < 4.78 is 7.68. The first-order valence-electron chi connectivity index (χ1n) is 6.60. The monoisotopic (exact) mass is 430 g/mol. The molecule has 0 N–H and O–H groups in total. The Bertz CT molecular complexity index is 663. The van der Waals surface area contributed by atoms with E-state index in [2.05, 4.69) is 70.0 Å². The molecule has 0 bridgehead atoms. The van der Waals surface area contributed by atoms with Gasteiger partial charge in [0.25, 0.3) is 0 Å². The maximum Gasteiger partial charge on any atom is 0.127 e. The fraction of sp³-hybridized carbons (Fsp3) is 0.294. The van der Waals surface area contributed by atoms with Crippen LogP contribution in [0.2, 0.25) is 0 Å². The number of aryl methyl sites for hydroxylation is 2. The highest BCUT2D eigenvalue weighted by Crippen LogP contribution is 2.42. The minimum atomic E-state index is -0.257. The van der Waals surface area contributed by atoms with Crippen molar-refractivity contribution >= 4 is 43.5 Å². The largest absolute Gasteiger partial charge is 0.496 e. The molecule has 0 fully saturated rings. The molecule has 0 spiro atoms. The number of halogens is 3. The van der Waals surface area contributed by atoms with Gasteiger partial charge in [0.1, 0.15) is 5.75 Å². The molecular formula is C17H17Br2ClO. The van der Waals surface area contributed by atoms with Crippen LogP contribution in [0, 0.1) is 20.8 Å². The van der Waals surface area contributed by atoms with Gasteiger partial charge in [-0.15, -0.1) is 11.6 Å². The van der Waals surface area contributed by atoms with E-state index >= 15 is 0 Å². The zero-order valence-corrected chi connectivity index (χ0v) is 16.4. The smallest absolute Gasteiger partial charge is 0.127 e. The molecule has 0 amide bonds. The average Bonchev–Trinajstić information content (AvgIpc) is 2.40. The molecule has 0 radical (unpaired) electrons. The van der Waals surface area contributed by atoms with Gasteiger partial charge in [0.05, 0.1) is 12.5 Å². The summed E-state index contributed by atoms with van der Waals surface area (Å²) in [5, 5.41) is -0.257. The Kier molecular flexibility index (Phi) is 5.39. The lowest BCUT2D eigenvalue weighted by molar-refractivity contribution is 0.406. The summed E-state index contributed by atoms with van der Waals surface area (Å²) in [5.41, 5.74) is 5.43. The van der Waals surface area contributed by atoms with Crippen molar-refractivity contribution in [2.45, 2.75) is 26.1 Å². The molecule has 0 aromatic heterocycles. The zero-order chi connectivity index (χ0) is 15.7. The van der Waals surface area contributed by atoms with Crippen LogP contribution in [0.25, 0.3) is 0 Å². The lowest BCUT2D eigenvalue weighted by Crippen LogP contribution is -2.03. The second-order valence-corrected chi connectivity index (χ2v) is 7.38. The molecule has 21 heavy (non-hydrogen) atoms. The van der Waals surface area contributed by atoms with Crippen molar-refractivity contribution < 1.29 is 4.74 Å². The van der Waals surface area contributed by atoms with Gasteiger partial charge in [0.15, 0.2) is 0 Å². The SMILES string of the molecule is COc1c(C)cc(Br)c(C)c1C(Cl)c1cc(C)cc(Br)c1. The standard InChI is InChI=1S/C17H17Br2ClO/c1-9-5-12(8-13(18)6-9)16(20)15-11(3)14(19)7-10(2)17(15)21-4/h5-8,16H,1-4H3. The Morgan fingerprint density at radius 1 is 1.05 bits per heavy atom. The first-order valence-corrected chi connectivity index (χ1v) is 8.62. The summed E-state index contributed by atoms with van der Waals surface area (Å²) in [4.78, 5) is 0. The maximum atomic E-state index is 6.79. The van der Waals surface area contributed by atoms with Gasteiger partial charge in [0.2, 0.25) is 0 Å². The van der Waals surface area contributed by atoms with E-state index in [-0.39, 0.29) is 5.38 Å². The fourth-order valence-electron chi connectivity index (χ4n) is 2.53. The van der Waals surface area contributed by atoms with E-state index in [1.165, 1.54) is 5.56 Å². The third kappa shape index (κ3) is 3.46. The maximum absolute atomic E-state index is 6.79.